The molecule has 0 N–H and O–H groups in total. The van der Waals surface area contributed by atoms with Crippen molar-refractivity contribution in [2.24, 2.45) is 14.1 Å². The molecular formula is C140H109N5. The number of hydrogen-bond donors (Lipinski definition) is 0. The lowest BCUT2D eigenvalue weighted by Crippen LogP contribution is -1.95. The summed E-state index contributed by atoms with van der Waals surface area (Å²) in [5, 5.41) is 36.7. The second-order valence-corrected chi connectivity index (χ2v) is 38.2. The van der Waals surface area contributed by atoms with E-state index in [9.17, 15) is 0 Å². The smallest absolute Gasteiger partial charge is 0.0570 e. The quantitative estimate of drug-likeness (QED) is 0.158. The van der Waals surface area contributed by atoms with Crippen LogP contribution >= 0.6 is 0 Å². The van der Waals surface area contributed by atoms with Gasteiger partial charge in [0.2, 0.25) is 0 Å². The third kappa shape index (κ3) is 17.1. The Bertz CT molecular complexity index is 9700. The number of para-hydroxylation sites is 8. The van der Waals surface area contributed by atoms with Crippen LogP contribution in [0.15, 0.2) is 516 Å². The fourth-order valence-electron chi connectivity index (χ4n) is 22.1. The molecule has 5 heterocycles. The molecule has 0 saturated carbocycles. The second-order valence-electron chi connectivity index (χ2n) is 38.2. The summed E-state index contributed by atoms with van der Waals surface area (Å²) in [6.07, 6.45) is 0. The van der Waals surface area contributed by atoms with E-state index in [1.165, 1.54) is 256 Å². The number of hydrogen-bond acceptors (Lipinski definition) is 0. The van der Waals surface area contributed by atoms with Crippen LogP contribution in [0.5, 0.6) is 0 Å². The van der Waals surface area contributed by atoms with Gasteiger partial charge in [0, 0.05) is 107 Å². The highest BCUT2D eigenvalue weighted by molar-refractivity contribution is 6.29. The Morgan fingerprint density at radius 3 is 0.641 bits per heavy atom. The lowest BCUT2D eigenvalue weighted by Gasteiger charge is -2.14. The monoisotopic (exact) mass is 1860 g/mol. The van der Waals surface area contributed by atoms with Crippen molar-refractivity contribution in [2.75, 3.05) is 0 Å². The van der Waals surface area contributed by atoms with E-state index in [2.05, 4.69) is 540 Å². The van der Waals surface area contributed by atoms with Crippen LogP contribution in [0, 0.1) is 41.5 Å². The SMILES string of the molecule is Cc1ccc2c(c1)c1ccccc1n2-c1ccc2c3ccccc3c3ccccc3c2c1.Cc1ccc2c3ccccc3n(-c3ccc4c5ccccc5c5ccccc5c4c3)c2c1.Cc1cccc2c3ccccc3n(-c3ccc4c5ccccc5c5ccccc5c4c3)c12.Cc1ccccc1.Cc1ccccc1.Cc1ccccc1.Cn1c2ccccc2c2ccccc21.Cn1c2ccccc2c2ccccc21. The molecule has 0 saturated heterocycles. The molecule has 5 heteroatoms. The second kappa shape index (κ2) is 39.5. The maximum Gasteiger partial charge on any atom is 0.0570 e. The number of benzene rings is 25. The van der Waals surface area contributed by atoms with E-state index < -0.39 is 0 Å². The first-order valence-electron chi connectivity index (χ1n) is 50.2. The van der Waals surface area contributed by atoms with Crippen molar-refractivity contribution < 1.29 is 0 Å². The highest BCUT2D eigenvalue weighted by Gasteiger charge is 2.21. The maximum atomic E-state index is 2.43. The minimum Gasteiger partial charge on any atom is -0.344 e. The largest absolute Gasteiger partial charge is 0.344 e. The van der Waals surface area contributed by atoms with E-state index in [-0.39, 0.29) is 0 Å². The molecular weight excluding hydrogens is 1750 g/mol. The van der Waals surface area contributed by atoms with E-state index >= 15 is 0 Å². The lowest BCUT2D eigenvalue weighted by atomic mass is 9.94. The minimum atomic E-state index is 1.20. The van der Waals surface area contributed by atoms with Crippen molar-refractivity contribution in [1.29, 1.82) is 0 Å². The Kier molecular flexibility index (Phi) is 24.7. The number of rotatable bonds is 3. The van der Waals surface area contributed by atoms with Gasteiger partial charge in [-0.3, -0.25) is 0 Å². The highest BCUT2D eigenvalue weighted by atomic mass is 15.0. The van der Waals surface area contributed by atoms with Gasteiger partial charge in [0.25, 0.3) is 0 Å². The normalized spacial score (nSPS) is 11.3. The molecule has 0 aliphatic carbocycles. The van der Waals surface area contributed by atoms with Crippen molar-refractivity contribution in [1.82, 2.24) is 22.8 Å². The fraction of sp³-hybridized carbons (Fsp3) is 0.0571. The topological polar surface area (TPSA) is 24.6 Å². The van der Waals surface area contributed by atoms with Crippen LogP contribution in [0.2, 0.25) is 0 Å². The van der Waals surface area contributed by atoms with Crippen molar-refractivity contribution in [2.45, 2.75) is 41.5 Å². The van der Waals surface area contributed by atoms with Crippen LogP contribution in [0.1, 0.15) is 33.4 Å². The number of aryl methyl sites for hydroxylation is 8. The standard InChI is InChI=1S/3C31H21N.2C13H11N.3C7H8/c1-20-9-8-15-28-27-14-6-7-16-30(27)32(31(20)28)21-17-18-26-24-12-3-2-10-22(24)23-11-4-5-13-25(23)29(26)19-21;1-20-14-17-31-29(18-20)27-12-6-7-13-30(27)32(31)21-15-16-26-24-10-3-2-8-22(24)23-9-4-5-11-25(23)28(26)19-21;1-20-14-16-28-27-12-6-7-13-30(27)32(31(28)18-20)21-15-17-26-24-10-3-2-8-22(24)23-9-4-5-11-25(23)29(26)19-21;2*1-14-12-8-4-2-6-10(12)11-7-3-5-9-13(11)14;3*1-7-5-3-2-4-6-7/h3*2-19H,1H3;2*2-9H,1H3;3*2-6H,1H3. The maximum absolute atomic E-state index is 2.43. The van der Waals surface area contributed by atoms with Crippen molar-refractivity contribution in [3.05, 3.63) is 549 Å². The third-order valence-electron chi connectivity index (χ3n) is 29.0. The Labute approximate surface area is 844 Å². The van der Waals surface area contributed by atoms with Crippen molar-refractivity contribution in [3.63, 3.8) is 0 Å². The number of aromatic nitrogens is 5. The van der Waals surface area contributed by atoms with Crippen LogP contribution in [0.3, 0.4) is 0 Å². The summed E-state index contributed by atoms with van der Waals surface area (Å²) in [7, 11) is 4.23. The predicted octanol–water partition coefficient (Wildman–Crippen LogP) is 38.3. The van der Waals surface area contributed by atoms with Gasteiger partial charge in [0.1, 0.15) is 0 Å². The third-order valence-corrected chi connectivity index (χ3v) is 29.0. The fourth-order valence-corrected chi connectivity index (χ4v) is 22.1. The van der Waals surface area contributed by atoms with Crippen molar-refractivity contribution >= 4 is 206 Å². The molecule has 0 aliphatic heterocycles. The van der Waals surface area contributed by atoms with Crippen LogP contribution in [-0.4, -0.2) is 22.8 Å². The minimum absolute atomic E-state index is 1.20. The van der Waals surface area contributed by atoms with Gasteiger partial charge in [0.15, 0.2) is 0 Å². The summed E-state index contributed by atoms with van der Waals surface area (Å²) in [4.78, 5) is 0. The molecule has 5 aromatic heterocycles. The zero-order chi connectivity index (χ0) is 98.1. The highest BCUT2D eigenvalue weighted by Crippen LogP contribution is 2.45. The Balaban J connectivity index is 0.0000000978. The molecule has 0 spiro atoms. The summed E-state index contributed by atoms with van der Waals surface area (Å²) in [6, 6.07) is 185. The molecule has 5 nitrogen and oxygen atoms in total. The molecule has 0 aliphatic rings. The average molecular weight is 1860 g/mol. The van der Waals surface area contributed by atoms with Crippen LogP contribution in [0.4, 0.5) is 0 Å². The molecule has 0 amide bonds. The first kappa shape index (κ1) is 90.7. The summed E-state index contributed by atoms with van der Waals surface area (Å²) < 4.78 is 11.7. The Hall–Kier alpha value is -18.2. The Morgan fingerprint density at radius 2 is 0.324 bits per heavy atom. The zero-order valence-corrected chi connectivity index (χ0v) is 82.8. The van der Waals surface area contributed by atoms with Gasteiger partial charge < -0.3 is 22.8 Å². The lowest BCUT2D eigenvalue weighted by molar-refractivity contribution is 1.01. The van der Waals surface area contributed by atoms with E-state index in [0.29, 0.717) is 0 Å². The van der Waals surface area contributed by atoms with E-state index in [1.54, 1.807) is 0 Å². The summed E-state index contributed by atoms with van der Waals surface area (Å²) >= 11 is 0. The number of fused-ring (bicyclic) bond motifs is 33. The molecule has 30 aromatic rings. The van der Waals surface area contributed by atoms with Gasteiger partial charge in [-0.1, -0.05) is 441 Å². The van der Waals surface area contributed by atoms with Crippen LogP contribution < -0.4 is 0 Å². The van der Waals surface area contributed by atoms with E-state index in [0.717, 1.165) is 0 Å². The summed E-state index contributed by atoms with van der Waals surface area (Å²) in [5.74, 6) is 0. The van der Waals surface area contributed by atoms with Gasteiger partial charge in [-0.05, 0) is 247 Å². The van der Waals surface area contributed by atoms with Gasteiger partial charge in [-0.2, -0.15) is 0 Å². The van der Waals surface area contributed by atoms with Crippen LogP contribution in [0.25, 0.3) is 223 Å². The zero-order valence-electron chi connectivity index (χ0n) is 82.8. The summed E-state index contributed by atoms with van der Waals surface area (Å²) in [5.41, 5.74) is 24.2. The molecule has 30 rings (SSSR count). The molecule has 0 radical (unpaired) electrons. The predicted molar refractivity (Wildman–Crippen MR) is 628 cm³/mol. The van der Waals surface area contributed by atoms with Crippen LogP contribution in [-0.2, 0) is 14.1 Å². The molecule has 0 fully saturated rings. The van der Waals surface area contributed by atoms with E-state index in [4.69, 9.17) is 0 Å². The average Bonchev–Trinajstić information content (AvgIpc) is 1.70. The van der Waals surface area contributed by atoms with Gasteiger partial charge in [-0.15, -0.1) is 0 Å². The first-order valence-corrected chi connectivity index (χ1v) is 50.2. The molecule has 694 valence electrons. The summed E-state index contributed by atoms with van der Waals surface area (Å²) in [6.45, 7) is 12.8. The molecule has 0 bridgehead atoms. The molecule has 0 unspecified atom stereocenters. The molecule has 0 atom stereocenters. The van der Waals surface area contributed by atoms with E-state index in [1.807, 2.05) is 54.6 Å². The molecule has 25 aromatic carbocycles. The number of nitrogens with zero attached hydrogens (tertiary/aromatic N) is 5. The van der Waals surface area contributed by atoms with Crippen molar-refractivity contribution in [3.8, 4) is 17.1 Å². The van der Waals surface area contributed by atoms with Gasteiger partial charge in [-0.25, -0.2) is 0 Å². The molecule has 145 heavy (non-hydrogen) atoms. The van der Waals surface area contributed by atoms with Gasteiger partial charge in [0.05, 0.1) is 33.1 Å². The van der Waals surface area contributed by atoms with Gasteiger partial charge >= 0.3 is 0 Å². The first-order chi connectivity index (χ1) is 71.3. The Morgan fingerprint density at radius 1 is 0.117 bits per heavy atom.